The predicted molar refractivity (Wildman–Crippen MR) is 73.1 cm³/mol. The number of aromatic nitrogens is 1. The molecule has 1 aromatic carbocycles. The van der Waals surface area contributed by atoms with Crippen molar-refractivity contribution in [3.8, 4) is 11.3 Å². The molecule has 0 amide bonds. The SMILES string of the molecule is CCC(C)c1ccccc1-c1ccc(C)cn1. The molecule has 2 aromatic rings. The average Bonchev–Trinajstić information content (AvgIpc) is 2.39. The summed E-state index contributed by atoms with van der Waals surface area (Å²) in [6.45, 7) is 6.56. The second-order valence-corrected chi connectivity index (χ2v) is 4.62. The molecular weight excluding hydrogens is 206 g/mol. The van der Waals surface area contributed by atoms with Crippen molar-refractivity contribution >= 4 is 0 Å². The van der Waals surface area contributed by atoms with Crippen LogP contribution in [0.3, 0.4) is 0 Å². The fourth-order valence-electron chi connectivity index (χ4n) is 2.01. The molecule has 1 unspecified atom stereocenters. The van der Waals surface area contributed by atoms with Crippen LogP contribution in [0, 0.1) is 6.92 Å². The second-order valence-electron chi connectivity index (χ2n) is 4.62. The van der Waals surface area contributed by atoms with Crippen molar-refractivity contribution in [1.29, 1.82) is 0 Å². The van der Waals surface area contributed by atoms with Crippen molar-refractivity contribution < 1.29 is 0 Å². The zero-order valence-corrected chi connectivity index (χ0v) is 10.8. The fourth-order valence-corrected chi connectivity index (χ4v) is 2.01. The highest BCUT2D eigenvalue weighted by molar-refractivity contribution is 5.64. The number of nitrogens with zero attached hydrogens (tertiary/aromatic N) is 1. The summed E-state index contributed by atoms with van der Waals surface area (Å²) in [5.74, 6) is 0.578. The van der Waals surface area contributed by atoms with E-state index in [1.54, 1.807) is 0 Å². The maximum atomic E-state index is 4.53. The molecule has 17 heavy (non-hydrogen) atoms. The number of pyridine rings is 1. The third-order valence-corrected chi connectivity index (χ3v) is 3.29. The summed E-state index contributed by atoms with van der Waals surface area (Å²) in [4.78, 5) is 4.53. The van der Waals surface area contributed by atoms with E-state index in [0.717, 1.165) is 12.1 Å². The van der Waals surface area contributed by atoms with Crippen LogP contribution in [0.5, 0.6) is 0 Å². The van der Waals surface area contributed by atoms with Gasteiger partial charge in [0.05, 0.1) is 5.69 Å². The molecule has 0 radical (unpaired) electrons. The van der Waals surface area contributed by atoms with Crippen LogP contribution in [0.1, 0.15) is 37.3 Å². The molecule has 0 fully saturated rings. The first-order valence-electron chi connectivity index (χ1n) is 6.24. The van der Waals surface area contributed by atoms with Gasteiger partial charge >= 0.3 is 0 Å². The van der Waals surface area contributed by atoms with E-state index >= 15 is 0 Å². The quantitative estimate of drug-likeness (QED) is 0.745. The lowest BCUT2D eigenvalue weighted by atomic mass is 9.92. The molecule has 1 heteroatoms. The normalized spacial score (nSPS) is 12.4. The first-order valence-corrected chi connectivity index (χ1v) is 6.24. The van der Waals surface area contributed by atoms with Crippen LogP contribution in [-0.2, 0) is 0 Å². The first kappa shape index (κ1) is 11.8. The molecule has 88 valence electrons. The molecule has 2 rings (SSSR count). The summed E-state index contributed by atoms with van der Waals surface area (Å²) >= 11 is 0. The average molecular weight is 225 g/mol. The molecule has 0 saturated carbocycles. The first-order chi connectivity index (χ1) is 8.22. The standard InChI is InChI=1S/C16H19N/c1-4-13(3)14-7-5-6-8-15(14)16-10-9-12(2)11-17-16/h5-11,13H,4H2,1-3H3. The third-order valence-electron chi connectivity index (χ3n) is 3.29. The molecule has 0 aliphatic rings. The van der Waals surface area contributed by atoms with Crippen LogP contribution >= 0.6 is 0 Å². The Bertz CT molecular complexity index is 485. The molecule has 0 saturated heterocycles. The van der Waals surface area contributed by atoms with Crippen molar-refractivity contribution in [2.24, 2.45) is 0 Å². The smallest absolute Gasteiger partial charge is 0.0705 e. The van der Waals surface area contributed by atoms with Crippen LogP contribution in [0.2, 0.25) is 0 Å². The Balaban J connectivity index is 2.48. The minimum absolute atomic E-state index is 0.578. The summed E-state index contributed by atoms with van der Waals surface area (Å²) in [7, 11) is 0. The second kappa shape index (κ2) is 5.13. The van der Waals surface area contributed by atoms with Gasteiger partial charge in [-0.3, -0.25) is 4.98 Å². The molecule has 1 atom stereocenters. The Morgan fingerprint density at radius 1 is 1.12 bits per heavy atom. The molecule has 0 aliphatic carbocycles. The van der Waals surface area contributed by atoms with Crippen molar-refractivity contribution in [2.45, 2.75) is 33.1 Å². The van der Waals surface area contributed by atoms with E-state index in [9.17, 15) is 0 Å². The van der Waals surface area contributed by atoms with Crippen LogP contribution in [0.15, 0.2) is 42.6 Å². The van der Waals surface area contributed by atoms with E-state index in [4.69, 9.17) is 0 Å². The summed E-state index contributed by atoms with van der Waals surface area (Å²) in [5, 5.41) is 0. The molecular formula is C16H19N. The third kappa shape index (κ3) is 2.55. The van der Waals surface area contributed by atoms with Gasteiger partial charge in [0.15, 0.2) is 0 Å². The van der Waals surface area contributed by atoms with Gasteiger partial charge in [0.1, 0.15) is 0 Å². The van der Waals surface area contributed by atoms with E-state index in [0.29, 0.717) is 5.92 Å². The predicted octanol–water partition coefficient (Wildman–Crippen LogP) is 4.57. The minimum atomic E-state index is 0.578. The lowest BCUT2D eigenvalue weighted by Gasteiger charge is -2.14. The molecule has 0 aliphatic heterocycles. The van der Waals surface area contributed by atoms with Crippen LogP contribution in [0.4, 0.5) is 0 Å². The van der Waals surface area contributed by atoms with E-state index in [1.165, 1.54) is 16.7 Å². The monoisotopic (exact) mass is 225 g/mol. The van der Waals surface area contributed by atoms with E-state index in [2.05, 4.69) is 62.2 Å². The zero-order chi connectivity index (χ0) is 12.3. The summed E-state index contributed by atoms with van der Waals surface area (Å²) in [6.07, 6.45) is 3.09. The van der Waals surface area contributed by atoms with Crippen LogP contribution in [0.25, 0.3) is 11.3 Å². The van der Waals surface area contributed by atoms with Gasteiger partial charge in [0, 0.05) is 11.8 Å². The Labute approximate surface area is 104 Å². The Kier molecular flexibility index (Phi) is 3.58. The lowest BCUT2D eigenvalue weighted by Crippen LogP contribution is -1.96. The molecule has 0 N–H and O–H groups in total. The molecule has 1 aromatic heterocycles. The highest BCUT2D eigenvalue weighted by atomic mass is 14.7. The summed E-state index contributed by atoms with van der Waals surface area (Å²) in [5.41, 5.74) is 4.94. The van der Waals surface area contributed by atoms with Gasteiger partial charge < -0.3 is 0 Å². The van der Waals surface area contributed by atoms with E-state index < -0.39 is 0 Å². The topological polar surface area (TPSA) is 12.9 Å². The van der Waals surface area contributed by atoms with Crippen molar-refractivity contribution in [3.05, 3.63) is 53.7 Å². The van der Waals surface area contributed by atoms with Crippen molar-refractivity contribution in [2.75, 3.05) is 0 Å². The van der Waals surface area contributed by atoms with Crippen molar-refractivity contribution in [1.82, 2.24) is 4.98 Å². The summed E-state index contributed by atoms with van der Waals surface area (Å²) < 4.78 is 0. The van der Waals surface area contributed by atoms with Crippen molar-refractivity contribution in [3.63, 3.8) is 0 Å². The van der Waals surface area contributed by atoms with Gasteiger partial charge in [-0.15, -0.1) is 0 Å². The Morgan fingerprint density at radius 2 is 1.88 bits per heavy atom. The Morgan fingerprint density at radius 3 is 2.53 bits per heavy atom. The van der Waals surface area contributed by atoms with E-state index in [1.807, 2.05) is 6.20 Å². The van der Waals surface area contributed by atoms with Gasteiger partial charge in [0.2, 0.25) is 0 Å². The maximum absolute atomic E-state index is 4.53. The largest absolute Gasteiger partial charge is 0.256 e. The zero-order valence-electron chi connectivity index (χ0n) is 10.8. The number of rotatable bonds is 3. The lowest BCUT2D eigenvalue weighted by molar-refractivity contribution is 0.735. The Hall–Kier alpha value is -1.63. The number of hydrogen-bond donors (Lipinski definition) is 0. The minimum Gasteiger partial charge on any atom is -0.256 e. The van der Waals surface area contributed by atoms with Gasteiger partial charge in [-0.25, -0.2) is 0 Å². The molecule has 0 bridgehead atoms. The molecule has 1 nitrogen and oxygen atoms in total. The fraction of sp³-hybridized carbons (Fsp3) is 0.312. The van der Waals surface area contributed by atoms with E-state index in [-0.39, 0.29) is 0 Å². The number of benzene rings is 1. The van der Waals surface area contributed by atoms with Gasteiger partial charge in [0.25, 0.3) is 0 Å². The summed E-state index contributed by atoms with van der Waals surface area (Å²) in [6, 6.07) is 12.8. The maximum Gasteiger partial charge on any atom is 0.0705 e. The van der Waals surface area contributed by atoms with Crippen LogP contribution in [-0.4, -0.2) is 4.98 Å². The number of hydrogen-bond acceptors (Lipinski definition) is 1. The highest BCUT2D eigenvalue weighted by Gasteiger charge is 2.10. The van der Waals surface area contributed by atoms with Gasteiger partial charge in [-0.1, -0.05) is 44.2 Å². The highest BCUT2D eigenvalue weighted by Crippen LogP contribution is 2.29. The van der Waals surface area contributed by atoms with Gasteiger partial charge in [-0.2, -0.15) is 0 Å². The van der Waals surface area contributed by atoms with Gasteiger partial charge in [-0.05, 0) is 36.5 Å². The number of aryl methyl sites for hydroxylation is 1. The molecule has 1 heterocycles. The van der Waals surface area contributed by atoms with Crippen LogP contribution < -0.4 is 0 Å². The molecule has 0 spiro atoms.